The Hall–Kier alpha value is -1.75. The maximum Gasteiger partial charge on any atom is 0.231 e. The number of hydrogen-bond acceptors (Lipinski definition) is 4. The summed E-state index contributed by atoms with van der Waals surface area (Å²) in [4.78, 5) is 12.4. The molecule has 0 spiro atoms. The molecule has 0 aliphatic carbocycles. The molecule has 1 aromatic carbocycles. The molecule has 1 rings (SSSR count). The van der Waals surface area contributed by atoms with Crippen LogP contribution in [0.4, 0.5) is 5.69 Å². The Morgan fingerprint density at radius 1 is 1.20 bits per heavy atom. The van der Waals surface area contributed by atoms with E-state index in [-0.39, 0.29) is 5.91 Å². The summed E-state index contributed by atoms with van der Waals surface area (Å²) in [5.74, 6) is 1.15. The first kappa shape index (κ1) is 16.3. The van der Waals surface area contributed by atoms with Crippen molar-refractivity contribution in [2.45, 2.75) is 26.7 Å². The van der Waals surface area contributed by atoms with E-state index in [9.17, 15) is 4.79 Å². The van der Waals surface area contributed by atoms with E-state index in [2.05, 4.69) is 5.32 Å². The molecule has 0 fully saturated rings. The van der Waals surface area contributed by atoms with Crippen LogP contribution >= 0.6 is 0 Å². The summed E-state index contributed by atoms with van der Waals surface area (Å²) in [6.07, 6.45) is 1.41. The lowest BCUT2D eigenvalue weighted by molar-refractivity contribution is -0.125. The molecule has 0 bridgehead atoms. The molecular weight excluding hydrogens is 256 g/mol. The highest BCUT2D eigenvalue weighted by atomic mass is 16.5. The van der Waals surface area contributed by atoms with Gasteiger partial charge in [-0.2, -0.15) is 0 Å². The van der Waals surface area contributed by atoms with Gasteiger partial charge in [0.15, 0.2) is 11.5 Å². The summed E-state index contributed by atoms with van der Waals surface area (Å²) in [5.41, 5.74) is 5.93. The standard InChI is InChI=1S/C15H24N2O3/c1-5-15(6-2,10-16)14(18)17-11-7-8-12(19-3)13(9-11)20-4/h7-9H,5-6,10,16H2,1-4H3,(H,17,18). The van der Waals surface area contributed by atoms with Crippen LogP contribution in [0.25, 0.3) is 0 Å². The van der Waals surface area contributed by atoms with Gasteiger partial charge in [0.1, 0.15) is 0 Å². The largest absolute Gasteiger partial charge is 0.493 e. The molecule has 0 unspecified atom stereocenters. The number of hydrogen-bond donors (Lipinski definition) is 2. The topological polar surface area (TPSA) is 73.6 Å². The molecule has 0 saturated carbocycles. The number of benzene rings is 1. The summed E-state index contributed by atoms with van der Waals surface area (Å²) in [7, 11) is 3.13. The molecule has 0 aliphatic rings. The van der Waals surface area contributed by atoms with Gasteiger partial charge in [-0.1, -0.05) is 13.8 Å². The average molecular weight is 280 g/mol. The number of ether oxygens (including phenoxy) is 2. The SMILES string of the molecule is CCC(CC)(CN)C(=O)Nc1ccc(OC)c(OC)c1. The Bertz CT molecular complexity index is 448. The Kier molecular flexibility index (Phi) is 5.82. The molecule has 5 heteroatoms. The van der Waals surface area contributed by atoms with E-state index in [0.717, 1.165) is 0 Å². The van der Waals surface area contributed by atoms with E-state index in [1.807, 2.05) is 13.8 Å². The molecule has 112 valence electrons. The molecule has 0 heterocycles. The number of carbonyl (C=O) groups excluding carboxylic acids is 1. The smallest absolute Gasteiger partial charge is 0.231 e. The fourth-order valence-corrected chi connectivity index (χ4v) is 2.13. The van der Waals surface area contributed by atoms with E-state index in [0.29, 0.717) is 36.6 Å². The van der Waals surface area contributed by atoms with Crippen LogP contribution < -0.4 is 20.5 Å². The molecule has 20 heavy (non-hydrogen) atoms. The Labute approximate surface area is 120 Å². The van der Waals surface area contributed by atoms with Gasteiger partial charge in [-0.15, -0.1) is 0 Å². The number of methoxy groups -OCH3 is 2. The summed E-state index contributed by atoms with van der Waals surface area (Å²) in [6, 6.07) is 5.28. The number of carbonyl (C=O) groups is 1. The third-order valence-electron chi connectivity index (χ3n) is 3.87. The maximum atomic E-state index is 12.4. The van der Waals surface area contributed by atoms with Gasteiger partial charge in [0, 0.05) is 18.3 Å². The van der Waals surface area contributed by atoms with Crippen molar-refractivity contribution in [3.8, 4) is 11.5 Å². The number of amides is 1. The summed E-state index contributed by atoms with van der Waals surface area (Å²) in [5, 5.41) is 2.91. The van der Waals surface area contributed by atoms with Crippen molar-refractivity contribution < 1.29 is 14.3 Å². The Morgan fingerprint density at radius 3 is 2.25 bits per heavy atom. The molecule has 1 aromatic rings. The number of nitrogens with one attached hydrogen (secondary N) is 1. The van der Waals surface area contributed by atoms with Crippen LogP contribution in [0.3, 0.4) is 0 Å². The molecule has 3 N–H and O–H groups in total. The van der Waals surface area contributed by atoms with Crippen LogP contribution in [-0.4, -0.2) is 26.7 Å². The average Bonchev–Trinajstić information content (AvgIpc) is 2.49. The van der Waals surface area contributed by atoms with Gasteiger partial charge in [-0.25, -0.2) is 0 Å². The lowest BCUT2D eigenvalue weighted by Crippen LogP contribution is -2.41. The quantitative estimate of drug-likeness (QED) is 0.804. The van der Waals surface area contributed by atoms with Gasteiger partial charge in [0.2, 0.25) is 5.91 Å². The minimum atomic E-state index is -0.521. The lowest BCUT2D eigenvalue weighted by atomic mass is 9.81. The second kappa shape index (κ2) is 7.14. The van der Waals surface area contributed by atoms with Crippen LogP contribution in [0.15, 0.2) is 18.2 Å². The zero-order chi connectivity index (χ0) is 15.2. The van der Waals surface area contributed by atoms with Crippen molar-refractivity contribution in [1.29, 1.82) is 0 Å². The van der Waals surface area contributed by atoms with Crippen molar-refractivity contribution in [1.82, 2.24) is 0 Å². The van der Waals surface area contributed by atoms with Crippen molar-refractivity contribution in [3.05, 3.63) is 18.2 Å². The highest BCUT2D eigenvalue weighted by Gasteiger charge is 2.33. The van der Waals surface area contributed by atoms with Crippen molar-refractivity contribution >= 4 is 11.6 Å². The lowest BCUT2D eigenvalue weighted by Gasteiger charge is -2.28. The molecule has 0 aliphatic heterocycles. The fraction of sp³-hybridized carbons (Fsp3) is 0.533. The number of rotatable bonds is 7. The van der Waals surface area contributed by atoms with Crippen molar-refractivity contribution in [2.24, 2.45) is 11.1 Å². The molecule has 0 radical (unpaired) electrons. The minimum absolute atomic E-state index is 0.0581. The molecular formula is C15H24N2O3. The number of nitrogens with two attached hydrogens (primary N) is 1. The molecule has 0 aromatic heterocycles. The maximum absolute atomic E-state index is 12.4. The predicted molar refractivity (Wildman–Crippen MR) is 80.2 cm³/mol. The molecule has 5 nitrogen and oxygen atoms in total. The second-order valence-electron chi connectivity index (χ2n) is 4.72. The normalized spacial score (nSPS) is 11.1. The van der Waals surface area contributed by atoms with E-state index >= 15 is 0 Å². The highest BCUT2D eigenvalue weighted by Crippen LogP contribution is 2.32. The van der Waals surface area contributed by atoms with Gasteiger partial charge in [-0.05, 0) is 25.0 Å². The second-order valence-corrected chi connectivity index (χ2v) is 4.72. The summed E-state index contributed by atoms with van der Waals surface area (Å²) in [6.45, 7) is 4.29. The Balaban J connectivity index is 2.95. The Morgan fingerprint density at radius 2 is 1.80 bits per heavy atom. The van der Waals surface area contributed by atoms with Crippen LogP contribution in [0.5, 0.6) is 11.5 Å². The van der Waals surface area contributed by atoms with Gasteiger partial charge >= 0.3 is 0 Å². The van der Waals surface area contributed by atoms with Gasteiger partial charge in [-0.3, -0.25) is 4.79 Å². The van der Waals surface area contributed by atoms with Crippen LogP contribution in [-0.2, 0) is 4.79 Å². The molecule has 1 amide bonds. The van der Waals surface area contributed by atoms with Crippen LogP contribution in [0.2, 0.25) is 0 Å². The van der Waals surface area contributed by atoms with E-state index in [1.54, 1.807) is 32.4 Å². The predicted octanol–water partition coefficient (Wildman–Crippen LogP) is 2.41. The first-order valence-electron chi connectivity index (χ1n) is 6.80. The molecule has 0 saturated heterocycles. The zero-order valence-corrected chi connectivity index (χ0v) is 12.7. The van der Waals surface area contributed by atoms with Gasteiger partial charge in [0.05, 0.1) is 19.6 Å². The molecule has 0 atom stereocenters. The van der Waals surface area contributed by atoms with E-state index in [4.69, 9.17) is 15.2 Å². The third-order valence-corrected chi connectivity index (χ3v) is 3.87. The van der Waals surface area contributed by atoms with Crippen LogP contribution in [0.1, 0.15) is 26.7 Å². The zero-order valence-electron chi connectivity index (χ0n) is 12.7. The summed E-state index contributed by atoms with van der Waals surface area (Å²) >= 11 is 0. The van der Waals surface area contributed by atoms with E-state index in [1.165, 1.54) is 0 Å². The minimum Gasteiger partial charge on any atom is -0.493 e. The van der Waals surface area contributed by atoms with Gasteiger partial charge < -0.3 is 20.5 Å². The number of anilines is 1. The first-order valence-corrected chi connectivity index (χ1v) is 6.80. The third kappa shape index (κ3) is 3.22. The van der Waals surface area contributed by atoms with Crippen molar-refractivity contribution in [2.75, 3.05) is 26.1 Å². The van der Waals surface area contributed by atoms with E-state index < -0.39 is 5.41 Å². The summed E-state index contributed by atoms with van der Waals surface area (Å²) < 4.78 is 10.4. The first-order chi connectivity index (χ1) is 9.56. The monoisotopic (exact) mass is 280 g/mol. The highest BCUT2D eigenvalue weighted by molar-refractivity contribution is 5.95. The van der Waals surface area contributed by atoms with Crippen LogP contribution in [0, 0.1) is 5.41 Å². The fourth-order valence-electron chi connectivity index (χ4n) is 2.13. The van der Waals surface area contributed by atoms with Gasteiger partial charge in [0.25, 0.3) is 0 Å². The van der Waals surface area contributed by atoms with Crippen molar-refractivity contribution in [3.63, 3.8) is 0 Å².